The Hall–Kier alpha value is -5.04. The Labute approximate surface area is 206 Å². The highest BCUT2D eigenvalue weighted by molar-refractivity contribution is 5.96. The number of nitrogen functional groups attached to an aromatic ring is 1. The predicted octanol–water partition coefficient (Wildman–Crippen LogP) is 1.74. The van der Waals surface area contributed by atoms with Crippen LogP contribution in [-0.2, 0) is 4.79 Å². The van der Waals surface area contributed by atoms with Crippen LogP contribution in [0.1, 0.15) is 41.8 Å². The zero-order chi connectivity index (χ0) is 25.7. The Morgan fingerprint density at radius 2 is 1.83 bits per heavy atom. The number of aromatic nitrogens is 4. The van der Waals surface area contributed by atoms with Gasteiger partial charge in [-0.3, -0.25) is 19.0 Å². The molecular formula is C26H23N7O3. The molecule has 1 atom stereocenters. The Kier molecular flexibility index (Phi) is 7.02. The summed E-state index contributed by atoms with van der Waals surface area (Å²) in [5.41, 5.74) is 6.92. The third kappa shape index (κ3) is 5.05. The number of amides is 2. The van der Waals surface area contributed by atoms with Crippen LogP contribution in [0.2, 0.25) is 0 Å². The molecule has 10 nitrogen and oxygen atoms in total. The molecule has 0 fully saturated rings. The monoisotopic (exact) mass is 481 g/mol. The molecule has 36 heavy (non-hydrogen) atoms. The summed E-state index contributed by atoms with van der Waals surface area (Å²) in [7, 11) is 0. The van der Waals surface area contributed by atoms with Gasteiger partial charge in [-0.05, 0) is 31.2 Å². The van der Waals surface area contributed by atoms with Crippen LogP contribution in [-0.4, -0.2) is 37.9 Å². The van der Waals surface area contributed by atoms with Crippen LogP contribution in [0, 0.1) is 11.8 Å². The summed E-state index contributed by atoms with van der Waals surface area (Å²) >= 11 is 0. The van der Waals surface area contributed by atoms with Crippen molar-refractivity contribution in [2.75, 3.05) is 12.3 Å². The Morgan fingerprint density at radius 1 is 1.08 bits per heavy atom. The lowest BCUT2D eigenvalue weighted by Crippen LogP contribution is -2.34. The summed E-state index contributed by atoms with van der Waals surface area (Å²) in [6.45, 7) is 3.27. The van der Waals surface area contributed by atoms with E-state index in [1.54, 1.807) is 49.4 Å². The maximum atomic E-state index is 13.9. The lowest BCUT2D eigenvalue weighted by molar-refractivity contribution is -0.118. The van der Waals surface area contributed by atoms with Gasteiger partial charge in [0.1, 0.15) is 5.82 Å². The minimum atomic E-state index is -0.689. The van der Waals surface area contributed by atoms with Crippen LogP contribution >= 0.6 is 0 Å². The molecule has 0 aliphatic carbocycles. The molecule has 0 bridgehead atoms. The van der Waals surface area contributed by atoms with E-state index in [2.05, 4.69) is 32.4 Å². The van der Waals surface area contributed by atoms with Gasteiger partial charge >= 0.3 is 0 Å². The van der Waals surface area contributed by atoms with Crippen molar-refractivity contribution in [1.82, 2.24) is 30.2 Å². The van der Waals surface area contributed by atoms with Crippen LogP contribution in [0.4, 0.5) is 5.82 Å². The number of hydrogen-bond acceptors (Lipinski definition) is 7. The van der Waals surface area contributed by atoms with E-state index in [-0.39, 0.29) is 29.5 Å². The molecule has 4 aromatic rings. The summed E-state index contributed by atoms with van der Waals surface area (Å²) in [6, 6.07) is 13.5. The number of rotatable bonds is 5. The van der Waals surface area contributed by atoms with E-state index in [0.29, 0.717) is 28.0 Å². The zero-order valence-corrected chi connectivity index (χ0v) is 19.6. The molecule has 2 aromatic heterocycles. The van der Waals surface area contributed by atoms with Gasteiger partial charge in [0.15, 0.2) is 11.5 Å². The summed E-state index contributed by atoms with van der Waals surface area (Å²) in [4.78, 5) is 50.5. The van der Waals surface area contributed by atoms with Crippen LogP contribution < -0.4 is 21.9 Å². The van der Waals surface area contributed by atoms with Gasteiger partial charge in [-0.1, -0.05) is 36.1 Å². The second kappa shape index (κ2) is 10.5. The van der Waals surface area contributed by atoms with E-state index in [4.69, 9.17) is 10.7 Å². The number of para-hydroxylation sites is 1. The van der Waals surface area contributed by atoms with Gasteiger partial charge in [0.2, 0.25) is 5.91 Å². The van der Waals surface area contributed by atoms with Gasteiger partial charge in [-0.25, -0.2) is 15.0 Å². The average molecular weight is 482 g/mol. The minimum Gasteiger partial charge on any atom is -0.382 e. The molecule has 2 amide bonds. The first-order valence-corrected chi connectivity index (χ1v) is 11.1. The van der Waals surface area contributed by atoms with E-state index in [0.717, 1.165) is 0 Å². The first-order chi connectivity index (χ1) is 17.4. The molecule has 180 valence electrons. The number of carbonyl (C=O) groups excluding carboxylic acids is 2. The predicted molar refractivity (Wildman–Crippen MR) is 135 cm³/mol. The van der Waals surface area contributed by atoms with E-state index in [1.807, 2.05) is 6.07 Å². The minimum absolute atomic E-state index is 0.00315. The van der Waals surface area contributed by atoms with Crippen molar-refractivity contribution in [3.63, 3.8) is 0 Å². The lowest BCUT2D eigenvalue weighted by Gasteiger charge is -2.20. The number of nitrogens with one attached hydrogen (secondary N) is 2. The fraction of sp³-hybridized carbons (Fsp3) is 0.154. The summed E-state index contributed by atoms with van der Waals surface area (Å²) in [5, 5.41) is 5.75. The first kappa shape index (κ1) is 24.1. The molecular weight excluding hydrogens is 458 g/mol. The smallest absolute Gasteiger partial charge is 0.274 e. The van der Waals surface area contributed by atoms with Gasteiger partial charge in [0.25, 0.3) is 11.5 Å². The maximum Gasteiger partial charge on any atom is 0.274 e. The van der Waals surface area contributed by atoms with E-state index in [1.165, 1.54) is 23.9 Å². The fourth-order valence-corrected chi connectivity index (χ4v) is 3.63. The summed E-state index contributed by atoms with van der Waals surface area (Å²) in [6.07, 6.45) is 2.77. The molecule has 0 aliphatic heterocycles. The summed E-state index contributed by atoms with van der Waals surface area (Å²) in [5.74, 6) is 5.39. The molecule has 0 aliphatic rings. The molecule has 4 rings (SSSR count). The number of anilines is 1. The molecule has 0 saturated heterocycles. The number of nitrogens with zero attached hydrogens (tertiary/aromatic N) is 4. The highest BCUT2D eigenvalue weighted by Crippen LogP contribution is 2.20. The molecule has 10 heteroatoms. The van der Waals surface area contributed by atoms with Crippen molar-refractivity contribution in [3.8, 4) is 17.5 Å². The number of benzene rings is 2. The standard InChI is InChI=1S/C26H23N7O3/c1-16(31-25(35)22-23(27)30-15-14-29-22)24-32-20-12-6-8-18(9-7-13-28-17(2)34)21(20)26(36)33(24)19-10-4-3-5-11-19/h3-6,8,10-12,14-16H,13H2,1-2H3,(H2,27,30)(H,28,34)(H,31,35)/t16-/m1/s1. The largest absolute Gasteiger partial charge is 0.382 e. The molecule has 4 N–H and O–H groups in total. The first-order valence-electron chi connectivity index (χ1n) is 11.1. The lowest BCUT2D eigenvalue weighted by atomic mass is 10.1. The van der Waals surface area contributed by atoms with E-state index >= 15 is 0 Å². The van der Waals surface area contributed by atoms with Crippen molar-refractivity contribution in [1.29, 1.82) is 0 Å². The van der Waals surface area contributed by atoms with Gasteiger partial charge < -0.3 is 16.4 Å². The normalized spacial score (nSPS) is 11.3. The van der Waals surface area contributed by atoms with Crippen molar-refractivity contribution in [2.45, 2.75) is 19.9 Å². The molecule has 0 saturated carbocycles. The van der Waals surface area contributed by atoms with Crippen LogP contribution in [0.5, 0.6) is 0 Å². The quantitative estimate of drug-likeness (QED) is 0.368. The van der Waals surface area contributed by atoms with Crippen molar-refractivity contribution in [2.24, 2.45) is 0 Å². The third-order valence-electron chi connectivity index (χ3n) is 5.26. The maximum absolute atomic E-state index is 13.9. The van der Waals surface area contributed by atoms with Gasteiger partial charge in [-0.15, -0.1) is 0 Å². The zero-order valence-electron chi connectivity index (χ0n) is 19.6. The van der Waals surface area contributed by atoms with E-state index in [9.17, 15) is 14.4 Å². The van der Waals surface area contributed by atoms with Crippen LogP contribution in [0.3, 0.4) is 0 Å². The Morgan fingerprint density at radius 3 is 2.56 bits per heavy atom. The highest BCUT2D eigenvalue weighted by Gasteiger charge is 2.22. The SMILES string of the molecule is CC(=O)NCC#Cc1cccc2nc([C@@H](C)NC(=O)c3nccnc3N)n(-c3ccccc3)c(=O)c12. The Balaban J connectivity index is 1.84. The van der Waals surface area contributed by atoms with Gasteiger partial charge in [0, 0.05) is 24.9 Å². The van der Waals surface area contributed by atoms with Crippen molar-refractivity contribution < 1.29 is 9.59 Å². The molecule has 0 unspecified atom stereocenters. The van der Waals surface area contributed by atoms with Gasteiger partial charge in [0.05, 0.1) is 29.2 Å². The molecule has 2 heterocycles. The molecule has 2 aromatic carbocycles. The number of hydrogen-bond donors (Lipinski definition) is 3. The average Bonchev–Trinajstić information content (AvgIpc) is 2.87. The molecule has 0 radical (unpaired) electrons. The Bertz CT molecular complexity index is 1570. The number of carbonyl (C=O) groups is 2. The van der Waals surface area contributed by atoms with E-state index < -0.39 is 11.9 Å². The summed E-state index contributed by atoms with van der Waals surface area (Å²) < 4.78 is 1.45. The second-order valence-electron chi connectivity index (χ2n) is 7.84. The van der Waals surface area contributed by atoms with Crippen molar-refractivity contribution in [3.05, 3.63) is 88.4 Å². The number of nitrogens with two attached hydrogens (primary N) is 1. The fourth-order valence-electron chi connectivity index (χ4n) is 3.63. The van der Waals surface area contributed by atoms with Crippen LogP contribution in [0.15, 0.2) is 65.7 Å². The third-order valence-corrected chi connectivity index (χ3v) is 5.26. The topological polar surface area (TPSA) is 145 Å². The van der Waals surface area contributed by atoms with Crippen molar-refractivity contribution >= 4 is 28.5 Å². The van der Waals surface area contributed by atoms with Crippen LogP contribution in [0.25, 0.3) is 16.6 Å². The molecule has 0 spiro atoms. The van der Waals surface area contributed by atoms with Gasteiger partial charge in [-0.2, -0.15) is 0 Å². The number of fused-ring (bicyclic) bond motifs is 1. The highest BCUT2D eigenvalue weighted by atomic mass is 16.2. The second-order valence-corrected chi connectivity index (χ2v) is 7.84.